The van der Waals surface area contributed by atoms with E-state index in [4.69, 9.17) is 0 Å². The van der Waals surface area contributed by atoms with Crippen molar-refractivity contribution in [3.63, 3.8) is 0 Å². The smallest absolute Gasteiger partial charge is 0.221 e. The van der Waals surface area contributed by atoms with Gasteiger partial charge in [0, 0.05) is 31.3 Å². The molecule has 0 radical (unpaired) electrons. The van der Waals surface area contributed by atoms with E-state index < -0.39 is 9.84 Å². The maximum Gasteiger partial charge on any atom is 0.221 e. The molecule has 2 fully saturated rings. The standard InChI is InChI=1S/C10H18N2O3S/c1-16(14,15)9-4-2-3-8(9)12-7-5-10(13)11-6-7/h7-9,12H,2-6H2,1H3,(H,11,13). The molecule has 1 saturated heterocycles. The monoisotopic (exact) mass is 246 g/mol. The number of rotatable bonds is 3. The van der Waals surface area contributed by atoms with Crippen molar-refractivity contribution in [2.45, 2.75) is 43.0 Å². The molecule has 16 heavy (non-hydrogen) atoms. The number of carbonyl (C=O) groups excluding carboxylic acids is 1. The van der Waals surface area contributed by atoms with Gasteiger partial charge in [-0.15, -0.1) is 0 Å². The normalized spacial score (nSPS) is 35.3. The van der Waals surface area contributed by atoms with Crippen LogP contribution >= 0.6 is 0 Å². The first-order valence-corrected chi connectivity index (χ1v) is 7.64. The lowest BCUT2D eigenvalue weighted by Gasteiger charge is -2.22. The first-order chi connectivity index (χ1) is 7.47. The molecule has 6 heteroatoms. The number of sulfone groups is 1. The second-order valence-corrected chi connectivity index (χ2v) is 7.04. The van der Waals surface area contributed by atoms with Crippen LogP contribution in [-0.2, 0) is 14.6 Å². The van der Waals surface area contributed by atoms with Gasteiger partial charge in [-0.3, -0.25) is 4.79 Å². The molecular formula is C10H18N2O3S. The van der Waals surface area contributed by atoms with E-state index in [0.29, 0.717) is 13.0 Å². The Morgan fingerprint density at radius 2 is 2.12 bits per heavy atom. The third-order valence-corrected chi connectivity index (χ3v) is 5.09. The Kier molecular flexibility index (Phi) is 3.21. The van der Waals surface area contributed by atoms with Crippen molar-refractivity contribution in [1.29, 1.82) is 0 Å². The van der Waals surface area contributed by atoms with Crippen LogP contribution in [0.2, 0.25) is 0 Å². The minimum absolute atomic E-state index is 0.0210. The molecule has 0 bridgehead atoms. The third kappa shape index (κ3) is 2.55. The summed E-state index contributed by atoms with van der Waals surface area (Å²) in [7, 11) is -2.97. The zero-order chi connectivity index (χ0) is 11.8. The van der Waals surface area contributed by atoms with Crippen LogP contribution < -0.4 is 10.6 Å². The van der Waals surface area contributed by atoms with Gasteiger partial charge < -0.3 is 10.6 Å². The van der Waals surface area contributed by atoms with E-state index in [1.54, 1.807) is 0 Å². The van der Waals surface area contributed by atoms with Crippen molar-refractivity contribution in [1.82, 2.24) is 10.6 Å². The molecule has 5 nitrogen and oxygen atoms in total. The first kappa shape index (κ1) is 11.9. The molecular weight excluding hydrogens is 228 g/mol. The van der Waals surface area contributed by atoms with Crippen LogP contribution in [0.5, 0.6) is 0 Å². The van der Waals surface area contributed by atoms with Gasteiger partial charge in [0.25, 0.3) is 0 Å². The summed E-state index contributed by atoms with van der Waals surface area (Å²) in [6.07, 6.45) is 4.35. The maximum atomic E-state index is 11.6. The lowest BCUT2D eigenvalue weighted by atomic mass is 10.2. The minimum atomic E-state index is -2.97. The van der Waals surface area contributed by atoms with Crippen LogP contribution in [0.25, 0.3) is 0 Å². The van der Waals surface area contributed by atoms with Crippen molar-refractivity contribution in [2.24, 2.45) is 0 Å². The lowest BCUT2D eigenvalue weighted by molar-refractivity contribution is -0.119. The number of hydrogen-bond acceptors (Lipinski definition) is 4. The Labute approximate surface area is 95.9 Å². The Hall–Kier alpha value is -0.620. The summed E-state index contributed by atoms with van der Waals surface area (Å²) < 4.78 is 23.1. The molecule has 0 aromatic rings. The summed E-state index contributed by atoms with van der Waals surface area (Å²) >= 11 is 0. The molecule has 1 aliphatic carbocycles. The number of carbonyl (C=O) groups is 1. The van der Waals surface area contributed by atoms with Crippen molar-refractivity contribution in [2.75, 3.05) is 12.8 Å². The average Bonchev–Trinajstić information content (AvgIpc) is 2.74. The summed E-state index contributed by atoms with van der Waals surface area (Å²) in [5.41, 5.74) is 0. The van der Waals surface area contributed by atoms with Crippen LogP contribution in [0, 0.1) is 0 Å². The third-order valence-electron chi connectivity index (χ3n) is 3.43. The summed E-state index contributed by atoms with van der Waals surface area (Å²) in [4.78, 5) is 11.0. The number of hydrogen-bond donors (Lipinski definition) is 2. The molecule has 0 spiro atoms. The number of amides is 1. The van der Waals surface area contributed by atoms with Crippen LogP contribution in [0.4, 0.5) is 0 Å². The second-order valence-electron chi connectivity index (χ2n) is 4.78. The topological polar surface area (TPSA) is 75.3 Å². The van der Waals surface area contributed by atoms with Crippen molar-refractivity contribution in [3.05, 3.63) is 0 Å². The van der Waals surface area contributed by atoms with E-state index in [2.05, 4.69) is 10.6 Å². The summed E-state index contributed by atoms with van der Waals surface area (Å²) in [5.74, 6) is 0.0476. The highest BCUT2D eigenvalue weighted by Gasteiger charge is 2.36. The fourth-order valence-corrected chi connectivity index (χ4v) is 4.06. The molecule has 3 atom stereocenters. The van der Waals surface area contributed by atoms with Crippen molar-refractivity contribution < 1.29 is 13.2 Å². The van der Waals surface area contributed by atoms with E-state index in [1.807, 2.05) is 0 Å². The van der Waals surface area contributed by atoms with Gasteiger partial charge in [0.2, 0.25) is 5.91 Å². The predicted molar refractivity (Wildman–Crippen MR) is 60.8 cm³/mol. The Morgan fingerprint density at radius 1 is 1.38 bits per heavy atom. The molecule has 2 N–H and O–H groups in total. The number of nitrogens with one attached hydrogen (secondary N) is 2. The molecule has 2 rings (SSSR count). The van der Waals surface area contributed by atoms with Crippen LogP contribution in [0.1, 0.15) is 25.7 Å². The fourth-order valence-electron chi connectivity index (χ4n) is 2.65. The SMILES string of the molecule is CS(=O)(=O)C1CCCC1NC1CNC(=O)C1. The molecule has 1 heterocycles. The Balaban J connectivity index is 1.96. The summed E-state index contributed by atoms with van der Waals surface area (Å²) in [6.45, 7) is 0.617. The van der Waals surface area contributed by atoms with Crippen molar-refractivity contribution >= 4 is 15.7 Å². The summed E-state index contributed by atoms with van der Waals surface area (Å²) in [6, 6.07) is 0.118. The van der Waals surface area contributed by atoms with Gasteiger partial charge in [0.1, 0.15) is 0 Å². The first-order valence-electron chi connectivity index (χ1n) is 5.68. The zero-order valence-electron chi connectivity index (χ0n) is 9.40. The van der Waals surface area contributed by atoms with Gasteiger partial charge in [-0.05, 0) is 12.8 Å². The van der Waals surface area contributed by atoms with E-state index in [-0.39, 0.29) is 23.2 Å². The molecule has 1 amide bonds. The molecule has 2 aliphatic rings. The van der Waals surface area contributed by atoms with Crippen molar-refractivity contribution in [3.8, 4) is 0 Å². The van der Waals surface area contributed by atoms with E-state index >= 15 is 0 Å². The molecule has 0 aromatic heterocycles. The Bertz CT molecular complexity index is 380. The molecule has 3 unspecified atom stereocenters. The highest BCUT2D eigenvalue weighted by molar-refractivity contribution is 7.91. The molecule has 1 saturated carbocycles. The van der Waals surface area contributed by atoms with Crippen LogP contribution in [0.15, 0.2) is 0 Å². The summed E-state index contributed by atoms with van der Waals surface area (Å²) in [5, 5.41) is 5.77. The lowest BCUT2D eigenvalue weighted by Crippen LogP contribution is -2.46. The van der Waals surface area contributed by atoms with E-state index in [1.165, 1.54) is 6.26 Å². The van der Waals surface area contributed by atoms with Crippen LogP contribution in [-0.4, -0.2) is 44.5 Å². The van der Waals surface area contributed by atoms with Gasteiger partial charge in [0.15, 0.2) is 9.84 Å². The highest BCUT2D eigenvalue weighted by atomic mass is 32.2. The fraction of sp³-hybridized carbons (Fsp3) is 0.900. The van der Waals surface area contributed by atoms with Crippen LogP contribution in [0.3, 0.4) is 0 Å². The van der Waals surface area contributed by atoms with Gasteiger partial charge in [0.05, 0.1) is 5.25 Å². The predicted octanol–water partition coefficient (Wildman–Crippen LogP) is -0.570. The largest absolute Gasteiger partial charge is 0.354 e. The zero-order valence-corrected chi connectivity index (χ0v) is 10.2. The quantitative estimate of drug-likeness (QED) is 0.699. The average molecular weight is 246 g/mol. The van der Waals surface area contributed by atoms with E-state index in [0.717, 1.165) is 19.3 Å². The second kappa shape index (κ2) is 4.33. The molecule has 92 valence electrons. The highest BCUT2D eigenvalue weighted by Crippen LogP contribution is 2.25. The Morgan fingerprint density at radius 3 is 2.69 bits per heavy atom. The van der Waals surface area contributed by atoms with E-state index in [9.17, 15) is 13.2 Å². The van der Waals surface area contributed by atoms with Gasteiger partial charge in [-0.25, -0.2) is 8.42 Å². The molecule has 1 aliphatic heterocycles. The minimum Gasteiger partial charge on any atom is -0.354 e. The maximum absolute atomic E-state index is 11.6. The van der Waals surface area contributed by atoms with Gasteiger partial charge in [-0.2, -0.15) is 0 Å². The van der Waals surface area contributed by atoms with Gasteiger partial charge >= 0.3 is 0 Å². The van der Waals surface area contributed by atoms with Gasteiger partial charge in [-0.1, -0.05) is 6.42 Å². The molecule has 0 aromatic carbocycles.